The highest BCUT2D eigenvalue weighted by atomic mass is 32.2. The smallest absolute Gasteiger partial charge is 0.252 e. The molecule has 0 aliphatic rings. The van der Waals surface area contributed by atoms with E-state index in [0.717, 1.165) is 15.5 Å². The number of thioether (sulfide) groups is 1. The third-order valence-electron chi connectivity index (χ3n) is 3.49. The lowest BCUT2D eigenvalue weighted by molar-refractivity contribution is -0.121. The number of ether oxygens (including phenoxy) is 1. The van der Waals surface area contributed by atoms with Crippen LogP contribution >= 0.6 is 23.1 Å². The summed E-state index contributed by atoms with van der Waals surface area (Å²) in [6, 6.07) is 19.3. The van der Waals surface area contributed by atoms with Crippen LogP contribution in [0.1, 0.15) is 16.7 Å². The van der Waals surface area contributed by atoms with Gasteiger partial charge < -0.3 is 4.74 Å². The van der Waals surface area contributed by atoms with Crippen molar-refractivity contribution in [3.8, 4) is 6.07 Å². The van der Waals surface area contributed by atoms with Gasteiger partial charge in [0, 0.05) is 5.75 Å². The van der Waals surface area contributed by atoms with Crippen molar-refractivity contribution in [1.29, 1.82) is 5.26 Å². The summed E-state index contributed by atoms with van der Waals surface area (Å²) < 4.78 is 6.13. The Bertz CT molecular complexity index is 938. The van der Waals surface area contributed by atoms with Crippen molar-refractivity contribution in [2.75, 3.05) is 11.9 Å². The van der Waals surface area contributed by atoms with E-state index in [1.165, 1.54) is 23.1 Å². The standard InChI is InChI=1S/C19H16N4O2S2/c20-10-15-8-4-5-9-16(15)13-26-19-23-22-18(27-19)21-17(24)12-25-11-14-6-2-1-3-7-14/h1-9H,11-13H2,(H,21,22,24). The Labute approximate surface area is 165 Å². The molecular formula is C19H16N4O2S2. The Hall–Kier alpha value is -2.73. The van der Waals surface area contributed by atoms with Gasteiger partial charge in [-0.1, -0.05) is 71.6 Å². The molecule has 1 amide bonds. The summed E-state index contributed by atoms with van der Waals surface area (Å²) in [4.78, 5) is 11.9. The van der Waals surface area contributed by atoms with E-state index in [2.05, 4.69) is 21.6 Å². The average Bonchev–Trinajstić information content (AvgIpc) is 3.14. The van der Waals surface area contributed by atoms with E-state index in [0.29, 0.717) is 23.1 Å². The molecule has 0 radical (unpaired) electrons. The number of carbonyl (C=O) groups is 1. The average molecular weight is 396 g/mol. The molecule has 1 heterocycles. The number of anilines is 1. The van der Waals surface area contributed by atoms with E-state index in [1.54, 1.807) is 6.07 Å². The summed E-state index contributed by atoms with van der Waals surface area (Å²) in [6.07, 6.45) is 0. The number of hydrogen-bond acceptors (Lipinski definition) is 7. The maximum absolute atomic E-state index is 11.9. The number of nitriles is 1. The van der Waals surface area contributed by atoms with Crippen LogP contribution in [-0.4, -0.2) is 22.7 Å². The molecule has 0 spiro atoms. The number of nitrogens with one attached hydrogen (secondary N) is 1. The van der Waals surface area contributed by atoms with Gasteiger partial charge in [-0.2, -0.15) is 5.26 Å². The molecular weight excluding hydrogens is 380 g/mol. The van der Waals surface area contributed by atoms with Crippen LogP contribution < -0.4 is 5.32 Å². The summed E-state index contributed by atoms with van der Waals surface area (Å²) in [5, 5.41) is 20.3. The van der Waals surface area contributed by atoms with Crippen LogP contribution in [0, 0.1) is 11.3 Å². The minimum atomic E-state index is -0.270. The predicted molar refractivity (Wildman–Crippen MR) is 105 cm³/mol. The summed E-state index contributed by atoms with van der Waals surface area (Å²) in [6.45, 7) is 0.330. The minimum Gasteiger partial charge on any atom is -0.367 e. The maximum atomic E-state index is 11.9. The van der Waals surface area contributed by atoms with Crippen LogP contribution in [0.15, 0.2) is 58.9 Å². The van der Waals surface area contributed by atoms with Crippen molar-refractivity contribution in [2.45, 2.75) is 16.7 Å². The molecule has 0 aliphatic heterocycles. The zero-order valence-electron chi connectivity index (χ0n) is 14.3. The first-order valence-electron chi connectivity index (χ1n) is 8.10. The van der Waals surface area contributed by atoms with Crippen molar-refractivity contribution >= 4 is 34.1 Å². The van der Waals surface area contributed by atoms with Crippen LogP contribution in [0.3, 0.4) is 0 Å². The van der Waals surface area contributed by atoms with Gasteiger partial charge >= 0.3 is 0 Å². The van der Waals surface area contributed by atoms with E-state index < -0.39 is 0 Å². The van der Waals surface area contributed by atoms with Gasteiger partial charge in [-0.25, -0.2) is 0 Å². The molecule has 2 aromatic carbocycles. The molecule has 1 aromatic heterocycles. The molecule has 136 valence electrons. The van der Waals surface area contributed by atoms with Crippen molar-refractivity contribution < 1.29 is 9.53 Å². The molecule has 0 fully saturated rings. The summed E-state index contributed by atoms with van der Waals surface area (Å²) in [5.41, 5.74) is 2.61. The number of aromatic nitrogens is 2. The molecule has 0 saturated carbocycles. The van der Waals surface area contributed by atoms with Crippen LogP contribution in [0.4, 0.5) is 5.13 Å². The first-order chi connectivity index (χ1) is 13.2. The fraction of sp³-hybridized carbons (Fsp3) is 0.158. The fourth-order valence-corrected chi connectivity index (χ4v) is 3.98. The Morgan fingerprint density at radius 2 is 1.93 bits per heavy atom. The van der Waals surface area contributed by atoms with E-state index in [1.807, 2.05) is 48.5 Å². The monoisotopic (exact) mass is 396 g/mol. The van der Waals surface area contributed by atoms with Crippen molar-refractivity contribution in [3.05, 3.63) is 71.3 Å². The Kier molecular flexibility index (Phi) is 6.93. The second kappa shape index (κ2) is 9.83. The van der Waals surface area contributed by atoms with Crippen LogP contribution in [0.25, 0.3) is 0 Å². The highest BCUT2D eigenvalue weighted by molar-refractivity contribution is 8.00. The Balaban J connectivity index is 1.45. The van der Waals surface area contributed by atoms with Crippen LogP contribution in [-0.2, 0) is 21.9 Å². The van der Waals surface area contributed by atoms with Crippen molar-refractivity contribution in [3.63, 3.8) is 0 Å². The normalized spacial score (nSPS) is 10.3. The van der Waals surface area contributed by atoms with E-state index in [-0.39, 0.29) is 12.5 Å². The van der Waals surface area contributed by atoms with Crippen LogP contribution in [0.5, 0.6) is 0 Å². The molecule has 27 heavy (non-hydrogen) atoms. The number of nitrogens with zero attached hydrogens (tertiary/aromatic N) is 3. The molecule has 3 rings (SSSR count). The first-order valence-corrected chi connectivity index (χ1v) is 9.90. The molecule has 0 atom stereocenters. The van der Waals surface area contributed by atoms with Gasteiger partial charge in [0.2, 0.25) is 5.13 Å². The third-order valence-corrected chi connectivity index (χ3v) is 5.51. The molecule has 0 bridgehead atoms. The molecule has 1 N–H and O–H groups in total. The Morgan fingerprint density at radius 3 is 2.74 bits per heavy atom. The third kappa shape index (κ3) is 5.89. The van der Waals surface area contributed by atoms with Gasteiger partial charge in [-0.05, 0) is 17.2 Å². The van der Waals surface area contributed by atoms with Gasteiger partial charge in [-0.15, -0.1) is 10.2 Å². The largest absolute Gasteiger partial charge is 0.367 e. The van der Waals surface area contributed by atoms with Crippen molar-refractivity contribution in [2.24, 2.45) is 0 Å². The number of carbonyl (C=O) groups excluding carboxylic acids is 1. The molecule has 0 saturated heterocycles. The van der Waals surface area contributed by atoms with E-state index >= 15 is 0 Å². The highest BCUT2D eigenvalue weighted by Gasteiger charge is 2.10. The van der Waals surface area contributed by atoms with E-state index in [9.17, 15) is 4.79 Å². The maximum Gasteiger partial charge on any atom is 0.252 e. The van der Waals surface area contributed by atoms with E-state index in [4.69, 9.17) is 10.00 Å². The summed E-state index contributed by atoms with van der Waals surface area (Å²) >= 11 is 2.77. The Morgan fingerprint density at radius 1 is 1.15 bits per heavy atom. The summed E-state index contributed by atoms with van der Waals surface area (Å²) in [5.74, 6) is 0.348. The van der Waals surface area contributed by atoms with Gasteiger partial charge in [0.1, 0.15) is 6.61 Å². The topological polar surface area (TPSA) is 87.9 Å². The SMILES string of the molecule is N#Cc1ccccc1CSc1nnc(NC(=O)COCc2ccccc2)s1. The minimum absolute atomic E-state index is 0.0491. The predicted octanol–water partition coefficient (Wildman–Crippen LogP) is 3.86. The molecule has 8 heteroatoms. The number of hydrogen-bond donors (Lipinski definition) is 1. The second-order valence-corrected chi connectivity index (χ2v) is 7.66. The molecule has 3 aromatic rings. The lowest BCUT2D eigenvalue weighted by Gasteiger charge is -2.03. The highest BCUT2D eigenvalue weighted by Crippen LogP contribution is 2.29. The van der Waals surface area contributed by atoms with Gasteiger partial charge in [0.05, 0.1) is 18.2 Å². The van der Waals surface area contributed by atoms with Gasteiger partial charge in [0.15, 0.2) is 4.34 Å². The number of rotatable bonds is 8. The van der Waals surface area contributed by atoms with Gasteiger partial charge in [-0.3, -0.25) is 10.1 Å². The van der Waals surface area contributed by atoms with Gasteiger partial charge in [0.25, 0.3) is 5.91 Å². The first kappa shape index (κ1) is 19.0. The lowest BCUT2D eigenvalue weighted by Crippen LogP contribution is -2.18. The molecule has 0 aliphatic carbocycles. The molecule has 6 nitrogen and oxygen atoms in total. The fourth-order valence-electron chi connectivity index (χ4n) is 2.20. The lowest BCUT2D eigenvalue weighted by atomic mass is 10.1. The molecule has 0 unspecified atom stereocenters. The number of amides is 1. The second-order valence-electron chi connectivity index (χ2n) is 5.46. The zero-order chi connectivity index (χ0) is 18.9. The zero-order valence-corrected chi connectivity index (χ0v) is 15.9. The summed E-state index contributed by atoms with van der Waals surface area (Å²) in [7, 11) is 0. The van der Waals surface area contributed by atoms with Crippen LogP contribution in [0.2, 0.25) is 0 Å². The van der Waals surface area contributed by atoms with Crippen molar-refractivity contribution in [1.82, 2.24) is 10.2 Å². The quantitative estimate of drug-likeness (QED) is 0.459. The number of benzene rings is 2.